The zero-order valence-electron chi connectivity index (χ0n) is 29.2. The summed E-state index contributed by atoms with van der Waals surface area (Å²) in [6.07, 6.45) is 6.55. The number of nitrogens with one attached hydrogen (secondary N) is 1. The minimum absolute atomic E-state index is 0.0760. The van der Waals surface area contributed by atoms with Crippen LogP contribution in [-0.4, -0.2) is 101 Å². The second kappa shape index (κ2) is 13.8. The van der Waals surface area contributed by atoms with Gasteiger partial charge in [-0.1, -0.05) is 75.4 Å². The highest BCUT2D eigenvalue weighted by molar-refractivity contribution is 5.99. The predicted octanol–water partition coefficient (Wildman–Crippen LogP) is 3.33. The summed E-state index contributed by atoms with van der Waals surface area (Å²) in [5.74, 6) is -3.85. The number of likely N-dealkylation sites (tertiary alicyclic amines) is 1. The van der Waals surface area contributed by atoms with Crippen molar-refractivity contribution in [1.82, 2.24) is 15.1 Å². The van der Waals surface area contributed by atoms with E-state index in [1.54, 1.807) is 30.1 Å². The standard InChI is InChI=1S/C37H51N3O8/c1-23(20-41)40-31-33(44)39(36(5,6)22-35(2,3)4)19-13-18-37(31)29(32(40)43)28-26(48-37)16-11-12-17-27(42)38-25(21-46-7)30(47-34(28)45)24-14-9-8-10-15-24/h8-11,13-16,18,23,25-26,28-31,41H,12,17,19-22H2,1-7H3,(H,38,42)/b16-11-/t23-,25-,26-,28+,29+,30-,31-,37+/m1/s1. The highest BCUT2D eigenvalue weighted by Gasteiger charge is 2.72. The molecule has 3 amide bonds. The minimum Gasteiger partial charge on any atom is -0.455 e. The van der Waals surface area contributed by atoms with Gasteiger partial charge in [0.25, 0.3) is 0 Å². The van der Waals surface area contributed by atoms with Crippen molar-refractivity contribution < 1.29 is 38.5 Å². The van der Waals surface area contributed by atoms with E-state index in [1.807, 2.05) is 50.3 Å². The number of allylic oxidation sites excluding steroid dienone is 1. The number of carbonyl (C=O) groups excluding carboxylic acids is 4. The molecular weight excluding hydrogens is 614 g/mol. The summed E-state index contributed by atoms with van der Waals surface area (Å²) in [7, 11) is 1.51. The van der Waals surface area contributed by atoms with Crippen molar-refractivity contribution >= 4 is 23.7 Å². The van der Waals surface area contributed by atoms with E-state index in [2.05, 4.69) is 26.1 Å². The van der Waals surface area contributed by atoms with Gasteiger partial charge in [-0.3, -0.25) is 19.2 Å². The number of fused-ring (bicyclic) bond motifs is 2. The first-order valence-electron chi connectivity index (χ1n) is 17.0. The van der Waals surface area contributed by atoms with E-state index < -0.39 is 65.2 Å². The van der Waals surface area contributed by atoms with Crippen LogP contribution in [-0.2, 0) is 33.4 Å². The number of hydrogen-bond donors (Lipinski definition) is 2. The zero-order chi connectivity index (χ0) is 35.0. The molecule has 0 aromatic heterocycles. The van der Waals surface area contributed by atoms with Gasteiger partial charge < -0.3 is 34.4 Å². The lowest BCUT2D eigenvalue weighted by Crippen LogP contribution is -2.61. The Balaban J connectivity index is 1.62. The first-order valence-corrected chi connectivity index (χ1v) is 17.0. The maximum atomic E-state index is 14.8. The van der Waals surface area contributed by atoms with Crippen molar-refractivity contribution in [2.75, 3.05) is 26.9 Å². The van der Waals surface area contributed by atoms with Crippen molar-refractivity contribution in [2.45, 2.75) is 102 Å². The summed E-state index contributed by atoms with van der Waals surface area (Å²) in [5.41, 5.74) is -1.51. The third-order valence-corrected chi connectivity index (χ3v) is 9.93. The minimum atomic E-state index is -1.49. The number of aliphatic hydroxyl groups excluding tert-OH is 1. The molecule has 4 aliphatic heterocycles. The Morgan fingerprint density at radius 3 is 2.42 bits per heavy atom. The Morgan fingerprint density at radius 2 is 1.77 bits per heavy atom. The van der Waals surface area contributed by atoms with E-state index in [9.17, 15) is 24.3 Å². The van der Waals surface area contributed by atoms with Crippen LogP contribution in [0.5, 0.6) is 0 Å². The van der Waals surface area contributed by atoms with Crippen LogP contribution in [0.4, 0.5) is 0 Å². The molecule has 262 valence electrons. The Labute approximate surface area is 283 Å². The Kier molecular flexibility index (Phi) is 10.3. The van der Waals surface area contributed by atoms with Gasteiger partial charge in [0, 0.05) is 25.6 Å². The van der Waals surface area contributed by atoms with E-state index >= 15 is 0 Å². The molecule has 0 unspecified atom stereocenters. The smallest absolute Gasteiger partial charge is 0.313 e. The summed E-state index contributed by atoms with van der Waals surface area (Å²) in [4.78, 5) is 60.2. The Bertz CT molecular complexity index is 1440. The predicted molar refractivity (Wildman–Crippen MR) is 178 cm³/mol. The fraction of sp³-hybridized carbons (Fsp3) is 0.622. The zero-order valence-corrected chi connectivity index (χ0v) is 29.2. The normalized spacial score (nSPS) is 32.7. The van der Waals surface area contributed by atoms with E-state index in [0.717, 1.165) is 0 Å². The molecule has 11 heteroatoms. The molecule has 2 N–H and O–H groups in total. The number of benzene rings is 1. The molecule has 48 heavy (non-hydrogen) atoms. The van der Waals surface area contributed by atoms with Gasteiger partial charge in [-0.15, -0.1) is 0 Å². The highest BCUT2D eigenvalue weighted by Crippen LogP contribution is 2.54. The molecule has 8 atom stereocenters. The van der Waals surface area contributed by atoms with E-state index in [0.29, 0.717) is 24.9 Å². The van der Waals surface area contributed by atoms with Crippen LogP contribution in [0, 0.1) is 17.3 Å². The van der Waals surface area contributed by atoms with Gasteiger partial charge in [0.15, 0.2) is 0 Å². The van der Waals surface area contributed by atoms with Crippen LogP contribution in [0.3, 0.4) is 0 Å². The number of nitrogens with zero attached hydrogens (tertiary/aromatic N) is 2. The van der Waals surface area contributed by atoms with Crippen molar-refractivity contribution in [1.29, 1.82) is 0 Å². The fourth-order valence-corrected chi connectivity index (χ4v) is 8.33. The number of aliphatic hydroxyl groups is 1. The second-order valence-electron chi connectivity index (χ2n) is 15.4. The molecule has 1 spiro atoms. The summed E-state index contributed by atoms with van der Waals surface area (Å²) in [6.45, 7) is 12.1. The summed E-state index contributed by atoms with van der Waals surface area (Å²) >= 11 is 0. The monoisotopic (exact) mass is 665 g/mol. The van der Waals surface area contributed by atoms with Crippen LogP contribution in [0.1, 0.15) is 72.5 Å². The van der Waals surface area contributed by atoms with Gasteiger partial charge in [0.05, 0.1) is 37.3 Å². The number of methoxy groups -OCH3 is 1. The summed E-state index contributed by atoms with van der Waals surface area (Å²) in [6, 6.07) is 6.56. The molecule has 1 aromatic carbocycles. The third kappa shape index (κ3) is 6.69. The summed E-state index contributed by atoms with van der Waals surface area (Å²) < 4.78 is 18.6. The second-order valence-corrected chi connectivity index (χ2v) is 15.4. The maximum Gasteiger partial charge on any atom is 0.313 e. The molecule has 5 rings (SSSR count). The molecule has 0 bridgehead atoms. The van der Waals surface area contributed by atoms with Crippen LogP contribution >= 0.6 is 0 Å². The lowest BCUT2D eigenvalue weighted by atomic mass is 9.77. The molecule has 0 aliphatic carbocycles. The van der Waals surface area contributed by atoms with Crippen molar-refractivity contribution in [3.8, 4) is 0 Å². The fourth-order valence-electron chi connectivity index (χ4n) is 8.33. The molecule has 11 nitrogen and oxygen atoms in total. The number of amides is 3. The van der Waals surface area contributed by atoms with Crippen LogP contribution < -0.4 is 5.32 Å². The van der Waals surface area contributed by atoms with Crippen LogP contribution in [0.25, 0.3) is 0 Å². The summed E-state index contributed by atoms with van der Waals surface area (Å²) in [5, 5.41) is 13.3. The highest BCUT2D eigenvalue weighted by atomic mass is 16.6. The van der Waals surface area contributed by atoms with E-state index in [4.69, 9.17) is 14.2 Å². The molecule has 2 saturated heterocycles. The SMILES string of the molecule is COC[C@H]1NC(=O)CC/C=C\[C@H]2O[C@]34C=CCN(C(C)(C)CC(C)(C)C)C(=O)[C@H]3N([C@H](C)CO)C(=O)[C@@H]4[C@H]2C(=O)O[C@@H]1c1ccccc1. The molecule has 0 saturated carbocycles. The molecular formula is C37H51N3O8. The van der Waals surface area contributed by atoms with Crippen LogP contribution in [0.15, 0.2) is 54.6 Å². The van der Waals surface area contributed by atoms with Gasteiger partial charge >= 0.3 is 5.97 Å². The third-order valence-electron chi connectivity index (χ3n) is 9.93. The van der Waals surface area contributed by atoms with Crippen molar-refractivity contribution in [2.24, 2.45) is 17.3 Å². The number of ether oxygens (including phenoxy) is 3. The average Bonchev–Trinajstić information content (AvgIpc) is 3.40. The van der Waals surface area contributed by atoms with E-state index in [-0.39, 0.29) is 36.9 Å². The lowest BCUT2D eigenvalue weighted by Gasteiger charge is -2.45. The maximum absolute atomic E-state index is 14.8. The van der Waals surface area contributed by atoms with Gasteiger partial charge in [-0.2, -0.15) is 0 Å². The van der Waals surface area contributed by atoms with Gasteiger partial charge in [-0.05, 0) is 44.6 Å². The number of esters is 1. The quantitative estimate of drug-likeness (QED) is 0.335. The lowest BCUT2D eigenvalue weighted by molar-refractivity contribution is -0.163. The first kappa shape index (κ1) is 35.8. The topological polar surface area (TPSA) is 135 Å². The number of cyclic esters (lactones) is 1. The van der Waals surface area contributed by atoms with Crippen molar-refractivity contribution in [3.63, 3.8) is 0 Å². The Hall–Kier alpha value is -3.54. The van der Waals surface area contributed by atoms with E-state index in [1.165, 1.54) is 12.0 Å². The number of carbonyl (C=O) groups is 4. The molecule has 4 aliphatic rings. The number of hydrogen-bond acceptors (Lipinski definition) is 8. The Morgan fingerprint density at radius 1 is 1.06 bits per heavy atom. The largest absolute Gasteiger partial charge is 0.455 e. The molecule has 2 fully saturated rings. The molecule has 0 radical (unpaired) electrons. The van der Waals surface area contributed by atoms with Gasteiger partial charge in [0.2, 0.25) is 17.7 Å². The van der Waals surface area contributed by atoms with Crippen molar-refractivity contribution in [3.05, 3.63) is 60.2 Å². The van der Waals surface area contributed by atoms with Crippen LogP contribution in [0.2, 0.25) is 0 Å². The van der Waals surface area contributed by atoms with Gasteiger partial charge in [-0.25, -0.2) is 0 Å². The molecule has 4 heterocycles. The number of rotatable bonds is 7. The molecule has 1 aromatic rings. The first-order chi connectivity index (χ1) is 22.6. The van der Waals surface area contributed by atoms with Gasteiger partial charge in [0.1, 0.15) is 23.7 Å². The average molecular weight is 666 g/mol.